The van der Waals surface area contributed by atoms with Gasteiger partial charge in [-0.15, -0.1) is 0 Å². The molecule has 1 aromatic rings. The molecule has 1 rings (SSSR count). The Morgan fingerprint density at radius 3 is 1.82 bits per heavy atom. The molecule has 0 unspecified atom stereocenters. The van der Waals surface area contributed by atoms with Crippen LogP contribution in [0.1, 0.15) is 5.56 Å². The third kappa shape index (κ3) is 2.51. The first-order chi connectivity index (χ1) is 5.00. The molecule has 0 saturated carbocycles. The molecular weight excluding hydrogens is 209 g/mol. The van der Waals surface area contributed by atoms with Crippen LogP contribution in [0.2, 0.25) is 0 Å². The zero-order chi connectivity index (χ0) is 8.48. The highest BCUT2D eigenvalue weighted by Gasteiger charge is 2.21. The van der Waals surface area contributed by atoms with Gasteiger partial charge in [-0.3, -0.25) is 0 Å². The van der Waals surface area contributed by atoms with Crippen molar-refractivity contribution >= 4 is 34.8 Å². The van der Waals surface area contributed by atoms with Crippen molar-refractivity contribution in [2.75, 3.05) is 0 Å². The van der Waals surface area contributed by atoms with Crippen molar-refractivity contribution in [1.82, 2.24) is 0 Å². The molecule has 0 fully saturated rings. The zero-order valence-electron chi connectivity index (χ0n) is 5.32. The molecule has 1 aromatic carbocycles. The van der Waals surface area contributed by atoms with Crippen LogP contribution in [0.25, 0.3) is 0 Å². The fraction of sp³-hybridized carbons (Fsp3) is 0.143. The summed E-state index contributed by atoms with van der Waals surface area (Å²) in [6, 6.07) is 5.36. The van der Waals surface area contributed by atoms with E-state index in [4.69, 9.17) is 34.8 Å². The maximum absolute atomic E-state index is 12.3. The second-order valence-electron chi connectivity index (χ2n) is 2.00. The average Bonchev–Trinajstić information content (AvgIpc) is 1.86. The monoisotopic (exact) mass is 212 g/mol. The highest BCUT2D eigenvalue weighted by Crippen LogP contribution is 2.37. The molecule has 60 valence electrons. The lowest BCUT2D eigenvalue weighted by Gasteiger charge is -2.09. The molecule has 0 aliphatic carbocycles. The molecule has 0 radical (unpaired) electrons. The first kappa shape index (κ1) is 9.11. The Hall–Kier alpha value is 0.0200. The molecule has 0 aliphatic rings. The first-order valence-electron chi connectivity index (χ1n) is 2.83. The van der Waals surface area contributed by atoms with Crippen molar-refractivity contribution in [2.24, 2.45) is 0 Å². The Kier molecular flexibility index (Phi) is 2.63. The molecule has 0 aliphatic heterocycles. The van der Waals surface area contributed by atoms with E-state index in [2.05, 4.69) is 0 Å². The Balaban J connectivity index is 2.99. The molecular formula is C7H4Cl3F. The van der Waals surface area contributed by atoms with Gasteiger partial charge in [-0.1, -0.05) is 46.9 Å². The summed E-state index contributed by atoms with van der Waals surface area (Å²) in [5, 5.41) is 0. The molecule has 0 amide bonds. The smallest absolute Gasteiger partial charge is 0.207 e. The van der Waals surface area contributed by atoms with Crippen LogP contribution in [0.3, 0.4) is 0 Å². The summed E-state index contributed by atoms with van der Waals surface area (Å²) in [7, 11) is 0. The predicted molar refractivity (Wildman–Crippen MR) is 45.6 cm³/mol. The van der Waals surface area contributed by atoms with Gasteiger partial charge < -0.3 is 0 Å². The summed E-state index contributed by atoms with van der Waals surface area (Å²) < 4.78 is 10.9. The van der Waals surface area contributed by atoms with Crippen molar-refractivity contribution in [3.05, 3.63) is 35.6 Å². The van der Waals surface area contributed by atoms with Crippen LogP contribution >= 0.6 is 34.8 Å². The topological polar surface area (TPSA) is 0 Å². The largest absolute Gasteiger partial charge is 0.216 e. The quantitative estimate of drug-likeness (QED) is 0.577. The number of rotatable bonds is 0. The SMILES string of the molecule is Fc1ccc(C(Cl)(Cl)Cl)cc1. The minimum absolute atomic E-state index is 0.344. The molecule has 0 atom stereocenters. The maximum Gasteiger partial charge on any atom is 0.216 e. The van der Waals surface area contributed by atoms with E-state index in [0.29, 0.717) is 5.56 Å². The fourth-order valence-corrected chi connectivity index (χ4v) is 1.02. The Labute approximate surface area is 78.9 Å². The van der Waals surface area contributed by atoms with Gasteiger partial charge in [0, 0.05) is 5.56 Å². The Bertz CT molecular complexity index is 237. The number of hydrogen-bond donors (Lipinski definition) is 0. The number of hydrogen-bond acceptors (Lipinski definition) is 0. The Morgan fingerprint density at radius 2 is 1.45 bits per heavy atom. The van der Waals surface area contributed by atoms with Crippen LogP contribution in [-0.4, -0.2) is 0 Å². The van der Waals surface area contributed by atoms with Crippen LogP contribution in [0, 0.1) is 5.82 Å². The van der Waals surface area contributed by atoms with Crippen molar-refractivity contribution in [1.29, 1.82) is 0 Å². The van der Waals surface area contributed by atoms with Gasteiger partial charge >= 0.3 is 0 Å². The van der Waals surface area contributed by atoms with Gasteiger partial charge in [-0.2, -0.15) is 0 Å². The van der Waals surface area contributed by atoms with Crippen LogP contribution in [0.15, 0.2) is 24.3 Å². The normalized spacial score (nSPS) is 11.6. The molecule has 11 heavy (non-hydrogen) atoms. The zero-order valence-corrected chi connectivity index (χ0v) is 7.59. The lowest BCUT2D eigenvalue weighted by molar-refractivity contribution is 0.627. The van der Waals surface area contributed by atoms with E-state index in [9.17, 15) is 4.39 Å². The van der Waals surface area contributed by atoms with Gasteiger partial charge in [0.1, 0.15) is 5.82 Å². The Morgan fingerprint density at radius 1 is 1.00 bits per heavy atom. The van der Waals surface area contributed by atoms with Crippen molar-refractivity contribution in [3.63, 3.8) is 0 Å². The average molecular weight is 213 g/mol. The van der Waals surface area contributed by atoms with Gasteiger partial charge in [0.2, 0.25) is 3.79 Å². The molecule has 0 nitrogen and oxygen atoms in total. The van der Waals surface area contributed by atoms with Crippen molar-refractivity contribution in [3.8, 4) is 0 Å². The number of alkyl halides is 3. The first-order valence-corrected chi connectivity index (χ1v) is 3.96. The molecule has 0 heterocycles. The third-order valence-corrected chi connectivity index (χ3v) is 1.83. The molecule has 0 N–H and O–H groups in total. The van der Waals surface area contributed by atoms with E-state index < -0.39 is 3.79 Å². The lowest BCUT2D eigenvalue weighted by Crippen LogP contribution is -1.98. The van der Waals surface area contributed by atoms with E-state index in [1.54, 1.807) is 0 Å². The minimum Gasteiger partial charge on any atom is -0.207 e. The minimum atomic E-state index is -1.46. The summed E-state index contributed by atoms with van der Waals surface area (Å²) in [5.74, 6) is -0.344. The van der Waals surface area contributed by atoms with Crippen LogP contribution < -0.4 is 0 Å². The second-order valence-corrected chi connectivity index (χ2v) is 4.29. The van der Waals surface area contributed by atoms with Crippen LogP contribution in [0.5, 0.6) is 0 Å². The van der Waals surface area contributed by atoms with Gasteiger partial charge in [0.15, 0.2) is 0 Å². The predicted octanol–water partition coefficient (Wildman–Crippen LogP) is 3.65. The van der Waals surface area contributed by atoms with Crippen LogP contribution in [-0.2, 0) is 3.79 Å². The van der Waals surface area contributed by atoms with Gasteiger partial charge in [0.25, 0.3) is 0 Å². The number of benzene rings is 1. The summed E-state index contributed by atoms with van der Waals surface area (Å²) in [5.41, 5.74) is 0.462. The summed E-state index contributed by atoms with van der Waals surface area (Å²) in [6.45, 7) is 0. The van der Waals surface area contributed by atoms with E-state index >= 15 is 0 Å². The van der Waals surface area contributed by atoms with Crippen molar-refractivity contribution < 1.29 is 4.39 Å². The maximum atomic E-state index is 12.3. The van der Waals surface area contributed by atoms with Crippen molar-refractivity contribution in [2.45, 2.75) is 3.79 Å². The second kappa shape index (κ2) is 3.18. The van der Waals surface area contributed by atoms with Crippen LogP contribution in [0.4, 0.5) is 4.39 Å². The standard InChI is InChI=1S/C7H4Cl3F/c8-7(9,10)5-1-3-6(11)4-2-5/h1-4H. The van der Waals surface area contributed by atoms with Gasteiger partial charge in [-0.05, 0) is 12.1 Å². The highest BCUT2D eigenvalue weighted by atomic mass is 35.6. The van der Waals surface area contributed by atoms with Gasteiger partial charge in [0.05, 0.1) is 0 Å². The van der Waals surface area contributed by atoms with E-state index in [0.717, 1.165) is 0 Å². The van der Waals surface area contributed by atoms with Gasteiger partial charge in [-0.25, -0.2) is 4.39 Å². The fourth-order valence-electron chi connectivity index (χ4n) is 0.639. The summed E-state index contributed by atoms with van der Waals surface area (Å²) in [4.78, 5) is 0. The van der Waals surface area contributed by atoms with E-state index in [-0.39, 0.29) is 5.82 Å². The molecule has 0 saturated heterocycles. The highest BCUT2D eigenvalue weighted by molar-refractivity contribution is 6.66. The summed E-state index contributed by atoms with van der Waals surface area (Å²) >= 11 is 16.6. The lowest BCUT2D eigenvalue weighted by atomic mass is 10.2. The third-order valence-electron chi connectivity index (χ3n) is 1.17. The molecule has 0 bridgehead atoms. The molecule has 4 heteroatoms. The van der Waals surface area contributed by atoms with E-state index in [1.165, 1.54) is 24.3 Å². The number of halogens is 4. The molecule has 0 spiro atoms. The van der Waals surface area contributed by atoms with E-state index in [1.807, 2.05) is 0 Å². The summed E-state index contributed by atoms with van der Waals surface area (Å²) in [6.07, 6.45) is 0. The molecule has 0 aromatic heterocycles.